The molecule has 1 saturated carbocycles. The maximum Gasteiger partial charge on any atom is 0.274 e. The SMILES string of the molecule is CCn1nc(C(=O)NCC2(c3ccccc3)CC2)c2ccccc2c1=O. The number of hydrogen-bond donors (Lipinski definition) is 1. The molecule has 1 aliphatic rings. The number of aromatic nitrogens is 2. The highest BCUT2D eigenvalue weighted by atomic mass is 16.2. The van der Waals surface area contributed by atoms with Crippen molar-refractivity contribution in [3.63, 3.8) is 0 Å². The van der Waals surface area contributed by atoms with Crippen molar-refractivity contribution in [1.82, 2.24) is 15.1 Å². The molecule has 1 N–H and O–H groups in total. The fourth-order valence-electron chi connectivity index (χ4n) is 3.46. The van der Waals surface area contributed by atoms with Crippen LogP contribution in [0.1, 0.15) is 35.8 Å². The van der Waals surface area contributed by atoms with Crippen LogP contribution in [0.15, 0.2) is 59.4 Å². The number of carbonyl (C=O) groups is 1. The zero-order chi connectivity index (χ0) is 18.1. The summed E-state index contributed by atoms with van der Waals surface area (Å²) in [5, 5.41) is 8.48. The van der Waals surface area contributed by atoms with E-state index in [1.807, 2.05) is 31.2 Å². The molecule has 132 valence electrons. The third-order valence-corrected chi connectivity index (χ3v) is 5.21. The Balaban J connectivity index is 1.63. The van der Waals surface area contributed by atoms with Crippen LogP contribution in [-0.4, -0.2) is 22.2 Å². The summed E-state index contributed by atoms with van der Waals surface area (Å²) in [7, 11) is 0. The molecule has 0 atom stereocenters. The molecular weight excluding hydrogens is 326 g/mol. The number of benzene rings is 2. The maximum atomic E-state index is 12.9. The van der Waals surface area contributed by atoms with Gasteiger partial charge in [-0.05, 0) is 31.4 Å². The quantitative estimate of drug-likeness (QED) is 0.772. The van der Waals surface area contributed by atoms with Crippen molar-refractivity contribution in [2.75, 3.05) is 6.54 Å². The first-order valence-corrected chi connectivity index (χ1v) is 8.98. The van der Waals surface area contributed by atoms with Crippen LogP contribution in [-0.2, 0) is 12.0 Å². The Kier molecular flexibility index (Phi) is 4.07. The molecule has 0 saturated heterocycles. The first kappa shape index (κ1) is 16.5. The highest BCUT2D eigenvalue weighted by Crippen LogP contribution is 2.47. The van der Waals surface area contributed by atoms with Crippen LogP contribution >= 0.6 is 0 Å². The third-order valence-electron chi connectivity index (χ3n) is 5.21. The molecule has 0 unspecified atom stereocenters. The smallest absolute Gasteiger partial charge is 0.274 e. The van der Waals surface area contributed by atoms with Gasteiger partial charge in [-0.3, -0.25) is 9.59 Å². The van der Waals surface area contributed by atoms with Gasteiger partial charge in [0.15, 0.2) is 5.69 Å². The van der Waals surface area contributed by atoms with Gasteiger partial charge in [-0.25, -0.2) is 4.68 Å². The van der Waals surface area contributed by atoms with Gasteiger partial charge in [-0.1, -0.05) is 48.5 Å². The van der Waals surface area contributed by atoms with E-state index in [4.69, 9.17) is 0 Å². The molecule has 4 rings (SSSR count). The predicted octanol–water partition coefficient (Wildman–Crippen LogP) is 2.88. The molecule has 0 radical (unpaired) electrons. The zero-order valence-corrected chi connectivity index (χ0v) is 14.7. The number of rotatable bonds is 5. The molecule has 1 aromatic heterocycles. The Morgan fingerprint density at radius 1 is 1.08 bits per heavy atom. The Labute approximate surface area is 151 Å². The number of aryl methyl sites for hydroxylation is 1. The van der Waals surface area contributed by atoms with Gasteiger partial charge < -0.3 is 5.32 Å². The van der Waals surface area contributed by atoms with Gasteiger partial charge in [0.1, 0.15) is 0 Å². The van der Waals surface area contributed by atoms with Gasteiger partial charge in [0, 0.05) is 23.9 Å². The first-order valence-electron chi connectivity index (χ1n) is 8.98. The molecule has 1 aliphatic carbocycles. The monoisotopic (exact) mass is 347 g/mol. The number of carbonyl (C=O) groups excluding carboxylic acids is 1. The lowest BCUT2D eigenvalue weighted by molar-refractivity contribution is 0.0944. The van der Waals surface area contributed by atoms with Gasteiger partial charge in [-0.15, -0.1) is 0 Å². The second-order valence-corrected chi connectivity index (χ2v) is 6.84. The predicted molar refractivity (Wildman–Crippen MR) is 101 cm³/mol. The molecule has 0 aliphatic heterocycles. The van der Waals surface area contributed by atoms with Crippen molar-refractivity contribution in [1.29, 1.82) is 0 Å². The minimum atomic E-state index is -0.231. The van der Waals surface area contributed by atoms with E-state index >= 15 is 0 Å². The molecule has 0 spiro atoms. The minimum Gasteiger partial charge on any atom is -0.350 e. The van der Waals surface area contributed by atoms with Crippen LogP contribution in [0.25, 0.3) is 10.8 Å². The van der Waals surface area contributed by atoms with Crippen LogP contribution in [0.4, 0.5) is 0 Å². The van der Waals surface area contributed by atoms with Crippen molar-refractivity contribution in [2.24, 2.45) is 0 Å². The number of nitrogens with zero attached hydrogens (tertiary/aromatic N) is 2. The molecule has 0 bridgehead atoms. The second-order valence-electron chi connectivity index (χ2n) is 6.84. The standard InChI is InChI=1S/C21H21N3O2/c1-2-24-20(26)17-11-7-6-10-16(17)18(23-24)19(25)22-14-21(12-13-21)15-8-4-3-5-9-15/h3-11H,2,12-14H2,1H3,(H,22,25). The molecule has 26 heavy (non-hydrogen) atoms. The minimum absolute atomic E-state index is 0.0337. The molecule has 2 aromatic carbocycles. The normalized spacial score (nSPS) is 15.0. The summed E-state index contributed by atoms with van der Waals surface area (Å²) >= 11 is 0. The van der Waals surface area contributed by atoms with E-state index in [0.29, 0.717) is 29.6 Å². The molecule has 1 heterocycles. The average molecular weight is 347 g/mol. The number of nitrogens with one attached hydrogen (secondary N) is 1. The van der Waals surface area contributed by atoms with E-state index < -0.39 is 0 Å². The number of amides is 1. The van der Waals surface area contributed by atoms with Gasteiger partial charge in [-0.2, -0.15) is 5.10 Å². The van der Waals surface area contributed by atoms with Gasteiger partial charge in [0.05, 0.1) is 5.39 Å². The van der Waals surface area contributed by atoms with Crippen LogP contribution in [0.3, 0.4) is 0 Å². The van der Waals surface area contributed by atoms with Crippen LogP contribution in [0.2, 0.25) is 0 Å². The summed E-state index contributed by atoms with van der Waals surface area (Å²) in [4.78, 5) is 25.3. The Morgan fingerprint density at radius 3 is 2.38 bits per heavy atom. The van der Waals surface area contributed by atoms with Crippen molar-refractivity contribution in [3.05, 3.63) is 76.2 Å². The van der Waals surface area contributed by atoms with Crippen molar-refractivity contribution >= 4 is 16.7 Å². The van der Waals surface area contributed by atoms with E-state index in [1.165, 1.54) is 10.2 Å². The van der Waals surface area contributed by atoms with Crippen LogP contribution in [0, 0.1) is 0 Å². The van der Waals surface area contributed by atoms with Crippen LogP contribution in [0.5, 0.6) is 0 Å². The average Bonchev–Trinajstić information content (AvgIpc) is 3.49. The second kappa shape index (κ2) is 6.41. The highest BCUT2D eigenvalue weighted by molar-refractivity contribution is 6.04. The van der Waals surface area contributed by atoms with Gasteiger partial charge in [0.2, 0.25) is 0 Å². The summed E-state index contributed by atoms with van der Waals surface area (Å²) in [6.45, 7) is 2.86. The lowest BCUT2D eigenvalue weighted by Crippen LogP contribution is -2.35. The van der Waals surface area contributed by atoms with Gasteiger partial charge >= 0.3 is 0 Å². The fourth-order valence-corrected chi connectivity index (χ4v) is 3.46. The van der Waals surface area contributed by atoms with E-state index in [-0.39, 0.29) is 16.9 Å². The highest BCUT2D eigenvalue weighted by Gasteiger charge is 2.44. The Hall–Kier alpha value is -2.95. The van der Waals surface area contributed by atoms with Gasteiger partial charge in [0.25, 0.3) is 11.5 Å². The van der Waals surface area contributed by atoms with E-state index in [2.05, 4.69) is 22.5 Å². The summed E-state index contributed by atoms with van der Waals surface area (Å²) < 4.78 is 1.35. The topological polar surface area (TPSA) is 64.0 Å². The van der Waals surface area contributed by atoms with E-state index in [0.717, 1.165) is 12.8 Å². The number of hydrogen-bond acceptors (Lipinski definition) is 3. The fraction of sp³-hybridized carbons (Fsp3) is 0.286. The molecule has 5 heteroatoms. The lowest BCUT2D eigenvalue weighted by Gasteiger charge is -2.17. The summed E-state index contributed by atoms with van der Waals surface area (Å²) in [6, 6.07) is 17.4. The zero-order valence-electron chi connectivity index (χ0n) is 14.7. The Bertz CT molecular complexity index is 1020. The molecule has 5 nitrogen and oxygen atoms in total. The van der Waals surface area contributed by atoms with Crippen molar-refractivity contribution in [3.8, 4) is 0 Å². The van der Waals surface area contributed by atoms with Crippen molar-refractivity contribution in [2.45, 2.75) is 31.7 Å². The number of fused-ring (bicyclic) bond motifs is 1. The van der Waals surface area contributed by atoms with E-state index in [1.54, 1.807) is 18.2 Å². The largest absolute Gasteiger partial charge is 0.350 e. The lowest BCUT2D eigenvalue weighted by atomic mass is 9.96. The molecule has 1 amide bonds. The Morgan fingerprint density at radius 2 is 1.73 bits per heavy atom. The van der Waals surface area contributed by atoms with Crippen LogP contribution < -0.4 is 10.9 Å². The summed E-state index contributed by atoms with van der Waals surface area (Å²) in [5.74, 6) is -0.231. The van der Waals surface area contributed by atoms with Crippen molar-refractivity contribution < 1.29 is 4.79 Å². The first-order chi connectivity index (χ1) is 12.6. The van der Waals surface area contributed by atoms with E-state index in [9.17, 15) is 9.59 Å². The summed E-state index contributed by atoms with van der Waals surface area (Å²) in [5.41, 5.74) is 1.44. The maximum absolute atomic E-state index is 12.9. The molecule has 1 fully saturated rings. The molecular formula is C21H21N3O2. The molecule has 3 aromatic rings. The summed E-state index contributed by atoms with van der Waals surface area (Å²) in [6.07, 6.45) is 2.14. The third kappa shape index (κ3) is 2.79.